The Morgan fingerprint density at radius 2 is 1.77 bits per heavy atom. The maximum atomic E-state index is 5.11. The van der Waals surface area contributed by atoms with Crippen molar-refractivity contribution in [1.29, 1.82) is 0 Å². The first kappa shape index (κ1) is 9.52. The second kappa shape index (κ2) is 5.14. The lowest BCUT2D eigenvalue weighted by atomic mass is 10.2. The maximum absolute atomic E-state index is 5.11. The monoisotopic (exact) mass is 175 g/mol. The lowest BCUT2D eigenvalue weighted by molar-refractivity contribution is 0.572. The zero-order valence-electron chi connectivity index (χ0n) is 7.90. The normalized spacial score (nSPS) is 8.77. The molecule has 0 unspecified atom stereocenters. The van der Waals surface area contributed by atoms with Crippen LogP contribution in [0.3, 0.4) is 0 Å². The summed E-state index contributed by atoms with van der Waals surface area (Å²) < 4.78 is 5.11. The van der Waals surface area contributed by atoms with Crippen LogP contribution in [0.25, 0.3) is 11.3 Å². The minimum absolute atomic E-state index is 0.811. The first-order valence-electron chi connectivity index (χ1n) is 4.41. The van der Waals surface area contributed by atoms with Crippen molar-refractivity contribution in [3.05, 3.63) is 42.9 Å². The number of benzene rings is 1. The van der Waals surface area contributed by atoms with Crippen LogP contribution in [0.5, 0.6) is 0 Å². The van der Waals surface area contributed by atoms with Crippen molar-refractivity contribution in [2.24, 2.45) is 0 Å². The van der Waals surface area contributed by atoms with E-state index in [1.807, 2.05) is 44.2 Å². The molecule has 0 saturated carbocycles. The SMILES string of the molecule is CC.c1ccc(-c2cnco2)cc1. The molecular formula is C11H13NO. The third kappa shape index (κ3) is 2.44. The van der Waals surface area contributed by atoms with Gasteiger partial charge in [0.2, 0.25) is 0 Å². The largest absolute Gasteiger partial charge is 0.444 e. The summed E-state index contributed by atoms with van der Waals surface area (Å²) >= 11 is 0. The van der Waals surface area contributed by atoms with Gasteiger partial charge in [0.05, 0.1) is 6.20 Å². The Morgan fingerprint density at radius 3 is 2.31 bits per heavy atom. The van der Waals surface area contributed by atoms with E-state index in [2.05, 4.69) is 4.98 Å². The summed E-state index contributed by atoms with van der Waals surface area (Å²) in [7, 11) is 0. The zero-order valence-corrected chi connectivity index (χ0v) is 7.90. The molecule has 0 amide bonds. The van der Waals surface area contributed by atoms with Gasteiger partial charge >= 0.3 is 0 Å². The van der Waals surface area contributed by atoms with E-state index in [9.17, 15) is 0 Å². The molecule has 0 fully saturated rings. The Balaban J connectivity index is 0.000000396. The van der Waals surface area contributed by atoms with Crippen LogP contribution in [0.2, 0.25) is 0 Å². The van der Waals surface area contributed by atoms with Crippen molar-refractivity contribution in [2.75, 3.05) is 0 Å². The summed E-state index contributed by atoms with van der Waals surface area (Å²) in [5, 5.41) is 0. The molecular weight excluding hydrogens is 162 g/mol. The van der Waals surface area contributed by atoms with Gasteiger partial charge in [-0.1, -0.05) is 44.2 Å². The van der Waals surface area contributed by atoms with E-state index in [0.29, 0.717) is 0 Å². The molecule has 2 nitrogen and oxygen atoms in total. The van der Waals surface area contributed by atoms with Crippen molar-refractivity contribution in [1.82, 2.24) is 4.98 Å². The molecule has 2 rings (SSSR count). The molecule has 0 atom stereocenters. The van der Waals surface area contributed by atoms with Crippen molar-refractivity contribution in [3.8, 4) is 11.3 Å². The Hall–Kier alpha value is -1.57. The van der Waals surface area contributed by atoms with Gasteiger partial charge in [0, 0.05) is 5.56 Å². The van der Waals surface area contributed by atoms with Gasteiger partial charge < -0.3 is 4.42 Å². The van der Waals surface area contributed by atoms with Crippen molar-refractivity contribution < 1.29 is 4.42 Å². The topological polar surface area (TPSA) is 26.0 Å². The molecule has 1 heterocycles. The molecule has 0 aliphatic heterocycles. The fourth-order valence-electron chi connectivity index (χ4n) is 0.961. The van der Waals surface area contributed by atoms with Gasteiger partial charge in [-0.3, -0.25) is 0 Å². The Morgan fingerprint density at radius 1 is 1.08 bits per heavy atom. The minimum Gasteiger partial charge on any atom is -0.444 e. The molecule has 0 radical (unpaired) electrons. The van der Waals surface area contributed by atoms with Gasteiger partial charge in [0.15, 0.2) is 12.2 Å². The summed E-state index contributed by atoms with van der Waals surface area (Å²) in [5.41, 5.74) is 1.06. The van der Waals surface area contributed by atoms with E-state index in [4.69, 9.17) is 4.42 Å². The molecule has 1 aromatic carbocycles. The number of hydrogen-bond donors (Lipinski definition) is 0. The Bertz CT molecular complexity index is 313. The van der Waals surface area contributed by atoms with E-state index in [0.717, 1.165) is 11.3 Å². The molecule has 2 heteroatoms. The molecule has 0 aliphatic carbocycles. The van der Waals surface area contributed by atoms with E-state index in [1.54, 1.807) is 6.20 Å². The highest BCUT2D eigenvalue weighted by Crippen LogP contribution is 2.16. The van der Waals surface area contributed by atoms with Gasteiger partial charge in [-0.2, -0.15) is 0 Å². The van der Waals surface area contributed by atoms with Crippen LogP contribution >= 0.6 is 0 Å². The predicted octanol–water partition coefficient (Wildman–Crippen LogP) is 3.37. The quantitative estimate of drug-likeness (QED) is 0.664. The zero-order chi connectivity index (χ0) is 9.52. The number of aromatic nitrogens is 1. The van der Waals surface area contributed by atoms with Crippen LogP contribution in [0, 0.1) is 0 Å². The summed E-state index contributed by atoms with van der Waals surface area (Å²) in [6.45, 7) is 4.00. The molecule has 0 N–H and O–H groups in total. The lowest BCUT2D eigenvalue weighted by Gasteiger charge is -1.91. The summed E-state index contributed by atoms with van der Waals surface area (Å²) in [5.74, 6) is 0.811. The molecule has 68 valence electrons. The maximum Gasteiger partial charge on any atom is 0.181 e. The van der Waals surface area contributed by atoms with Crippen LogP contribution < -0.4 is 0 Å². The minimum atomic E-state index is 0.811. The van der Waals surface area contributed by atoms with Crippen molar-refractivity contribution in [3.63, 3.8) is 0 Å². The first-order valence-corrected chi connectivity index (χ1v) is 4.41. The number of rotatable bonds is 1. The summed E-state index contributed by atoms with van der Waals surface area (Å²) in [6, 6.07) is 9.89. The molecule has 0 spiro atoms. The predicted molar refractivity (Wildman–Crippen MR) is 53.3 cm³/mol. The van der Waals surface area contributed by atoms with Crippen LogP contribution in [0.4, 0.5) is 0 Å². The van der Waals surface area contributed by atoms with Crippen LogP contribution in [0.15, 0.2) is 47.3 Å². The van der Waals surface area contributed by atoms with Crippen molar-refractivity contribution in [2.45, 2.75) is 13.8 Å². The van der Waals surface area contributed by atoms with Crippen LogP contribution in [-0.2, 0) is 0 Å². The number of nitrogens with zero attached hydrogens (tertiary/aromatic N) is 1. The van der Waals surface area contributed by atoms with E-state index in [1.165, 1.54) is 6.39 Å². The first-order chi connectivity index (χ1) is 6.47. The Kier molecular flexibility index (Phi) is 3.76. The molecule has 0 bridgehead atoms. The smallest absolute Gasteiger partial charge is 0.181 e. The van der Waals surface area contributed by atoms with Gasteiger partial charge in [0.25, 0.3) is 0 Å². The average molecular weight is 175 g/mol. The second-order valence-corrected chi connectivity index (χ2v) is 2.23. The highest BCUT2D eigenvalue weighted by atomic mass is 16.3. The molecule has 2 aromatic rings. The highest BCUT2D eigenvalue weighted by molar-refractivity contribution is 5.55. The highest BCUT2D eigenvalue weighted by Gasteiger charge is 1.97. The van der Waals surface area contributed by atoms with Crippen molar-refractivity contribution >= 4 is 0 Å². The van der Waals surface area contributed by atoms with Crippen LogP contribution in [0.1, 0.15) is 13.8 Å². The lowest BCUT2D eigenvalue weighted by Crippen LogP contribution is -1.69. The number of oxazole rings is 1. The fourth-order valence-corrected chi connectivity index (χ4v) is 0.961. The van der Waals surface area contributed by atoms with Gasteiger partial charge in [-0.05, 0) is 0 Å². The standard InChI is InChI=1S/C9H7NO.C2H6/c1-2-4-8(5-3-1)9-6-10-7-11-9;1-2/h1-7H;1-2H3. The fraction of sp³-hybridized carbons (Fsp3) is 0.182. The van der Waals surface area contributed by atoms with Gasteiger partial charge in [-0.15, -0.1) is 0 Å². The van der Waals surface area contributed by atoms with Crippen LogP contribution in [-0.4, -0.2) is 4.98 Å². The third-order valence-corrected chi connectivity index (χ3v) is 1.49. The molecule has 0 aliphatic rings. The summed E-state index contributed by atoms with van der Waals surface area (Å²) in [4.78, 5) is 3.83. The number of hydrogen-bond acceptors (Lipinski definition) is 2. The molecule has 13 heavy (non-hydrogen) atoms. The van der Waals surface area contributed by atoms with Gasteiger partial charge in [0.1, 0.15) is 0 Å². The van der Waals surface area contributed by atoms with E-state index in [-0.39, 0.29) is 0 Å². The average Bonchev–Trinajstić information content (AvgIpc) is 2.75. The second-order valence-electron chi connectivity index (χ2n) is 2.23. The van der Waals surface area contributed by atoms with Gasteiger partial charge in [-0.25, -0.2) is 4.98 Å². The molecule has 0 saturated heterocycles. The van der Waals surface area contributed by atoms with E-state index < -0.39 is 0 Å². The summed E-state index contributed by atoms with van der Waals surface area (Å²) in [6.07, 6.45) is 3.14. The van der Waals surface area contributed by atoms with E-state index >= 15 is 0 Å². The third-order valence-electron chi connectivity index (χ3n) is 1.49. The Labute approximate surface area is 78.2 Å². The molecule has 1 aromatic heterocycles.